The average molecular weight is 369 g/mol. The number of rotatable bonds is 4. The van der Waals surface area contributed by atoms with E-state index < -0.39 is 0 Å². The van der Waals surface area contributed by atoms with Gasteiger partial charge in [0.1, 0.15) is 5.15 Å². The number of H-pyrrole nitrogens is 1. The number of halogens is 1. The van der Waals surface area contributed by atoms with Crippen LogP contribution in [0.1, 0.15) is 24.5 Å². The highest BCUT2D eigenvalue weighted by molar-refractivity contribution is 6.32. The Balaban J connectivity index is 1.98. The second-order valence-electron chi connectivity index (χ2n) is 6.04. The van der Waals surface area contributed by atoms with Gasteiger partial charge in [0.15, 0.2) is 5.82 Å². The number of hydrogen-bond donors (Lipinski definition) is 1. The topological polar surface area (TPSA) is 90.1 Å². The molecule has 0 saturated carbocycles. The lowest BCUT2D eigenvalue weighted by molar-refractivity contribution is 0.605. The molecule has 1 aromatic carbocycles. The Kier molecular flexibility index (Phi) is 4.04. The third-order valence-electron chi connectivity index (χ3n) is 4.38. The number of aromatic nitrogens is 8. The van der Waals surface area contributed by atoms with Gasteiger partial charge in [-0.05, 0) is 13.8 Å². The van der Waals surface area contributed by atoms with Crippen LogP contribution in [0.5, 0.6) is 0 Å². The number of nitrogens with one attached hydrogen (secondary N) is 1. The Hall–Kier alpha value is -3.00. The van der Waals surface area contributed by atoms with E-state index in [0.29, 0.717) is 11.0 Å². The van der Waals surface area contributed by atoms with Gasteiger partial charge in [-0.25, -0.2) is 4.98 Å². The molecule has 0 aliphatic rings. The minimum Gasteiger partial charge on any atom is -0.319 e. The zero-order valence-electron chi connectivity index (χ0n) is 14.5. The highest BCUT2D eigenvalue weighted by atomic mass is 35.5. The molecule has 8 nitrogen and oxygen atoms in total. The second-order valence-corrected chi connectivity index (χ2v) is 6.39. The fraction of sp³-hybridized carbons (Fsp3) is 0.235. The lowest BCUT2D eigenvalue weighted by atomic mass is 10.0. The summed E-state index contributed by atoms with van der Waals surface area (Å²) in [5.41, 5.74) is 4.39. The Morgan fingerprint density at radius 2 is 1.96 bits per heavy atom. The molecule has 3 aromatic heterocycles. The van der Waals surface area contributed by atoms with Gasteiger partial charge in [-0.1, -0.05) is 47.1 Å². The summed E-state index contributed by atoms with van der Waals surface area (Å²) in [6, 6.07) is 9.81. The lowest BCUT2D eigenvalue weighted by Gasteiger charge is -2.15. The molecule has 0 fully saturated rings. The molecule has 0 saturated heterocycles. The first-order valence-electron chi connectivity index (χ1n) is 8.13. The van der Waals surface area contributed by atoms with E-state index in [-0.39, 0.29) is 6.04 Å². The SMILES string of the molecule is Cc1nn(C)c(Cl)c1-c1c(-c2ccccc2)ncn1C(C)c1nn[nH]n1. The molecule has 0 amide bonds. The van der Waals surface area contributed by atoms with Gasteiger partial charge >= 0.3 is 0 Å². The molecule has 9 heteroatoms. The Labute approximate surface area is 154 Å². The molecule has 3 heterocycles. The molecule has 1 atom stereocenters. The van der Waals surface area contributed by atoms with Crippen molar-refractivity contribution in [3.05, 3.63) is 53.3 Å². The highest BCUT2D eigenvalue weighted by Crippen LogP contribution is 2.39. The van der Waals surface area contributed by atoms with Crippen molar-refractivity contribution in [2.45, 2.75) is 19.9 Å². The van der Waals surface area contributed by atoms with Gasteiger partial charge < -0.3 is 4.57 Å². The average Bonchev–Trinajstić information content (AvgIpc) is 3.36. The molecule has 0 spiro atoms. The zero-order chi connectivity index (χ0) is 18.3. The van der Waals surface area contributed by atoms with Gasteiger partial charge in [-0.3, -0.25) is 4.68 Å². The van der Waals surface area contributed by atoms with Crippen LogP contribution in [-0.4, -0.2) is 40.0 Å². The molecule has 0 aliphatic carbocycles. The predicted octanol–water partition coefficient (Wildman–Crippen LogP) is 3.03. The van der Waals surface area contributed by atoms with Crippen LogP contribution in [0.2, 0.25) is 5.15 Å². The van der Waals surface area contributed by atoms with Crippen molar-refractivity contribution < 1.29 is 0 Å². The number of aryl methyl sites for hydroxylation is 2. The lowest BCUT2D eigenvalue weighted by Crippen LogP contribution is -2.09. The van der Waals surface area contributed by atoms with E-state index >= 15 is 0 Å². The number of imidazole rings is 1. The molecule has 4 rings (SSSR count). The summed E-state index contributed by atoms with van der Waals surface area (Å²) < 4.78 is 3.67. The van der Waals surface area contributed by atoms with E-state index in [0.717, 1.165) is 28.2 Å². The molecular formula is C17H17ClN8. The van der Waals surface area contributed by atoms with Crippen LogP contribution in [0.4, 0.5) is 0 Å². The monoisotopic (exact) mass is 368 g/mol. The Morgan fingerprint density at radius 3 is 2.58 bits per heavy atom. The smallest absolute Gasteiger partial charge is 0.197 e. The first-order valence-corrected chi connectivity index (χ1v) is 8.50. The standard InChI is InChI=1S/C17H17ClN8/c1-10-13(16(18)25(3)22-10)15-14(12-7-5-4-6-8-12)19-9-26(15)11(2)17-20-23-24-21-17/h4-9,11H,1-3H3,(H,20,21,23,24). The van der Waals surface area contributed by atoms with Crippen LogP contribution in [0.3, 0.4) is 0 Å². The van der Waals surface area contributed by atoms with Crippen LogP contribution >= 0.6 is 11.6 Å². The molecule has 0 radical (unpaired) electrons. The van der Waals surface area contributed by atoms with Gasteiger partial charge in [0.2, 0.25) is 0 Å². The van der Waals surface area contributed by atoms with E-state index in [9.17, 15) is 0 Å². The molecule has 0 bridgehead atoms. The maximum absolute atomic E-state index is 6.58. The summed E-state index contributed by atoms with van der Waals surface area (Å²) in [5, 5.41) is 19.4. The summed E-state index contributed by atoms with van der Waals surface area (Å²) in [6.07, 6.45) is 1.78. The maximum Gasteiger partial charge on any atom is 0.197 e. The summed E-state index contributed by atoms with van der Waals surface area (Å²) in [7, 11) is 1.82. The third-order valence-corrected chi connectivity index (χ3v) is 4.82. The summed E-state index contributed by atoms with van der Waals surface area (Å²) in [6.45, 7) is 3.93. The van der Waals surface area contributed by atoms with Crippen molar-refractivity contribution in [3.8, 4) is 22.5 Å². The molecule has 26 heavy (non-hydrogen) atoms. The molecule has 1 N–H and O–H groups in total. The van der Waals surface area contributed by atoms with Gasteiger partial charge in [-0.2, -0.15) is 10.3 Å². The number of benzene rings is 1. The van der Waals surface area contributed by atoms with Crippen molar-refractivity contribution in [3.63, 3.8) is 0 Å². The number of tetrazole rings is 1. The van der Waals surface area contributed by atoms with Gasteiger partial charge in [0.05, 0.1) is 35.0 Å². The van der Waals surface area contributed by atoms with E-state index in [2.05, 4.69) is 30.7 Å². The zero-order valence-corrected chi connectivity index (χ0v) is 15.3. The molecule has 4 aromatic rings. The van der Waals surface area contributed by atoms with Crippen LogP contribution in [0, 0.1) is 6.92 Å². The van der Waals surface area contributed by atoms with Crippen molar-refractivity contribution in [2.24, 2.45) is 7.05 Å². The van der Waals surface area contributed by atoms with E-state index in [4.69, 9.17) is 11.6 Å². The molecule has 0 aliphatic heterocycles. The third kappa shape index (κ3) is 2.59. The van der Waals surface area contributed by atoms with E-state index in [1.807, 2.05) is 55.8 Å². The summed E-state index contributed by atoms with van der Waals surface area (Å²) >= 11 is 6.58. The first kappa shape index (κ1) is 16.5. The van der Waals surface area contributed by atoms with E-state index in [1.54, 1.807) is 11.0 Å². The van der Waals surface area contributed by atoms with Gasteiger partial charge in [0.25, 0.3) is 0 Å². The van der Waals surface area contributed by atoms with Gasteiger partial charge in [0, 0.05) is 12.6 Å². The van der Waals surface area contributed by atoms with Crippen molar-refractivity contribution >= 4 is 11.6 Å². The normalized spacial score (nSPS) is 12.5. The van der Waals surface area contributed by atoms with Crippen molar-refractivity contribution in [1.29, 1.82) is 0 Å². The minimum absolute atomic E-state index is 0.176. The fourth-order valence-corrected chi connectivity index (χ4v) is 3.34. The number of hydrogen-bond acceptors (Lipinski definition) is 5. The minimum atomic E-state index is -0.176. The van der Waals surface area contributed by atoms with Crippen LogP contribution in [0.15, 0.2) is 36.7 Å². The van der Waals surface area contributed by atoms with Crippen LogP contribution < -0.4 is 0 Å². The predicted molar refractivity (Wildman–Crippen MR) is 97.6 cm³/mol. The Bertz CT molecular complexity index is 1030. The largest absolute Gasteiger partial charge is 0.319 e. The van der Waals surface area contributed by atoms with Crippen LogP contribution in [0.25, 0.3) is 22.5 Å². The van der Waals surface area contributed by atoms with Crippen molar-refractivity contribution in [1.82, 2.24) is 40.0 Å². The summed E-state index contributed by atoms with van der Waals surface area (Å²) in [4.78, 5) is 4.67. The maximum atomic E-state index is 6.58. The number of nitrogens with zero attached hydrogens (tertiary/aromatic N) is 7. The second kappa shape index (κ2) is 6.38. The Morgan fingerprint density at radius 1 is 1.19 bits per heavy atom. The fourth-order valence-electron chi connectivity index (χ4n) is 3.08. The molecular weight excluding hydrogens is 352 g/mol. The highest BCUT2D eigenvalue weighted by Gasteiger charge is 2.26. The number of aromatic amines is 1. The molecule has 1 unspecified atom stereocenters. The van der Waals surface area contributed by atoms with E-state index in [1.165, 1.54) is 0 Å². The first-order chi connectivity index (χ1) is 12.6. The molecule has 132 valence electrons. The van der Waals surface area contributed by atoms with Gasteiger partial charge in [-0.15, -0.1) is 10.2 Å². The van der Waals surface area contributed by atoms with Crippen molar-refractivity contribution in [2.75, 3.05) is 0 Å². The summed E-state index contributed by atoms with van der Waals surface area (Å²) in [5.74, 6) is 0.570. The van der Waals surface area contributed by atoms with Crippen LogP contribution in [-0.2, 0) is 7.05 Å². The quantitative estimate of drug-likeness (QED) is 0.598.